The van der Waals surface area contributed by atoms with Crippen LogP contribution in [0.25, 0.3) is 5.57 Å². The number of imide groups is 1. The maximum atomic E-state index is 13.4. The second-order valence-corrected chi connectivity index (χ2v) is 7.63. The summed E-state index contributed by atoms with van der Waals surface area (Å²) in [6, 6.07) is 17.6. The molecule has 0 radical (unpaired) electrons. The fourth-order valence-electron chi connectivity index (χ4n) is 3.48. The van der Waals surface area contributed by atoms with E-state index in [1.807, 2.05) is 0 Å². The molecule has 1 aliphatic heterocycles. The Morgan fingerprint density at radius 1 is 0.875 bits per heavy atom. The van der Waals surface area contributed by atoms with E-state index in [1.165, 1.54) is 12.1 Å². The lowest BCUT2D eigenvalue weighted by Gasteiger charge is -2.17. The number of hydrogen-bond donors (Lipinski definition) is 1. The quantitative estimate of drug-likeness (QED) is 0.485. The van der Waals surface area contributed by atoms with Crippen molar-refractivity contribution in [1.82, 2.24) is 0 Å². The number of amides is 2. The van der Waals surface area contributed by atoms with Crippen LogP contribution in [0.15, 0.2) is 78.5 Å². The fourth-order valence-corrected chi connectivity index (χ4v) is 3.61. The van der Waals surface area contributed by atoms with Gasteiger partial charge in [0.25, 0.3) is 11.8 Å². The highest BCUT2D eigenvalue weighted by atomic mass is 35.5. The molecule has 4 rings (SSSR count). The van der Waals surface area contributed by atoms with Crippen molar-refractivity contribution in [3.63, 3.8) is 0 Å². The van der Waals surface area contributed by atoms with Gasteiger partial charge in [-0.1, -0.05) is 48.0 Å². The van der Waals surface area contributed by atoms with E-state index in [9.17, 15) is 22.8 Å². The number of aryl methyl sites for hydroxylation is 1. The molecule has 4 nitrogen and oxygen atoms in total. The standard InChI is InChI=1S/C24H16ClF3N2O2/c1-14-5-2-3-8-19(14)30-22(31)20(15-9-11-17(25)12-10-15)21(23(30)32)29-18-7-4-6-16(13-18)24(26,27)28/h2-13,29H,1H3. The number of nitrogens with zero attached hydrogens (tertiary/aromatic N) is 1. The molecule has 0 saturated carbocycles. The molecular formula is C24H16ClF3N2O2. The molecule has 0 atom stereocenters. The van der Waals surface area contributed by atoms with Crippen molar-refractivity contribution >= 4 is 40.4 Å². The van der Waals surface area contributed by atoms with E-state index in [0.717, 1.165) is 17.0 Å². The van der Waals surface area contributed by atoms with E-state index in [2.05, 4.69) is 5.32 Å². The zero-order valence-electron chi connectivity index (χ0n) is 16.7. The van der Waals surface area contributed by atoms with Gasteiger partial charge in [0.2, 0.25) is 0 Å². The molecule has 0 bridgehead atoms. The molecule has 3 aromatic rings. The van der Waals surface area contributed by atoms with E-state index in [-0.39, 0.29) is 17.0 Å². The number of carbonyl (C=O) groups is 2. The van der Waals surface area contributed by atoms with Crippen LogP contribution in [0.2, 0.25) is 5.02 Å². The second kappa shape index (κ2) is 8.16. The normalized spacial score (nSPS) is 14.3. The molecule has 0 aliphatic carbocycles. The van der Waals surface area contributed by atoms with Crippen LogP contribution in [0, 0.1) is 6.92 Å². The summed E-state index contributed by atoms with van der Waals surface area (Å²) in [5.41, 5.74) is 0.614. The summed E-state index contributed by atoms with van der Waals surface area (Å²) < 4.78 is 39.4. The van der Waals surface area contributed by atoms with Gasteiger partial charge in [0.15, 0.2) is 0 Å². The molecule has 3 aromatic carbocycles. The first kappa shape index (κ1) is 21.6. The van der Waals surface area contributed by atoms with Crippen molar-refractivity contribution in [2.75, 3.05) is 10.2 Å². The number of anilines is 2. The van der Waals surface area contributed by atoms with Gasteiger partial charge < -0.3 is 5.32 Å². The Balaban J connectivity index is 1.83. The van der Waals surface area contributed by atoms with Gasteiger partial charge in [-0.25, -0.2) is 4.90 Å². The molecule has 1 heterocycles. The number of nitrogens with one attached hydrogen (secondary N) is 1. The van der Waals surface area contributed by atoms with E-state index in [0.29, 0.717) is 21.8 Å². The molecule has 0 saturated heterocycles. The first-order valence-electron chi connectivity index (χ1n) is 9.56. The summed E-state index contributed by atoms with van der Waals surface area (Å²) in [4.78, 5) is 27.7. The smallest absolute Gasteiger partial charge is 0.350 e. The summed E-state index contributed by atoms with van der Waals surface area (Å²) >= 11 is 5.95. The molecule has 1 N–H and O–H groups in total. The van der Waals surface area contributed by atoms with Crippen LogP contribution < -0.4 is 10.2 Å². The van der Waals surface area contributed by atoms with E-state index >= 15 is 0 Å². The summed E-state index contributed by atoms with van der Waals surface area (Å²) in [6.45, 7) is 1.76. The van der Waals surface area contributed by atoms with Crippen molar-refractivity contribution in [1.29, 1.82) is 0 Å². The minimum Gasteiger partial charge on any atom is -0.350 e. The Morgan fingerprint density at radius 2 is 1.56 bits per heavy atom. The number of para-hydroxylation sites is 1. The van der Waals surface area contributed by atoms with Gasteiger partial charge in [0, 0.05) is 10.7 Å². The minimum atomic E-state index is -4.55. The van der Waals surface area contributed by atoms with Gasteiger partial charge >= 0.3 is 6.18 Å². The maximum absolute atomic E-state index is 13.4. The summed E-state index contributed by atoms with van der Waals surface area (Å²) in [6.07, 6.45) is -4.55. The lowest BCUT2D eigenvalue weighted by molar-refractivity contribution is -0.137. The summed E-state index contributed by atoms with van der Waals surface area (Å²) in [5, 5.41) is 3.19. The lowest BCUT2D eigenvalue weighted by Crippen LogP contribution is -2.33. The Hall–Kier alpha value is -3.58. The van der Waals surface area contributed by atoms with Gasteiger partial charge in [0.05, 0.1) is 16.8 Å². The molecule has 1 aliphatic rings. The van der Waals surface area contributed by atoms with Crippen molar-refractivity contribution in [2.24, 2.45) is 0 Å². The number of halogens is 4. The highest BCUT2D eigenvalue weighted by molar-refractivity contribution is 6.46. The van der Waals surface area contributed by atoms with Gasteiger partial charge in [-0.05, 0) is 54.4 Å². The summed E-state index contributed by atoms with van der Waals surface area (Å²) in [5.74, 6) is -1.24. The van der Waals surface area contributed by atoms with Gasteiger partial charge in [-0.2, -0.15) is 13.2 Å². The number of alkyl halides is 3. The van der Waals surface area contributed by atoms with Crippen LogP contribution in [-0.4, -0.2) is 11.8 Å². The monoisotopic (exact) mass is 456 g/mol. The second-order valence-electron chi connectivity index (χ2n) is 7.19. The predicted molar refractivity (Wildman–Crippen MR) is 117 cm³/mol. The van der Waals surface area contributed by atoms with Crippen molar-refractivity contribution in [3.8, 4) is 0 Å². The molecular weight excluding hydrogens is 441 g/mol. The SMILES string of the molecule is Cc1ccccc1N1C(=O)C(Nc2cccc(C(F)(F)F)c2)=C(c2ccc(Cl)cc2)C1=O. The third-order valence-corrected chi connectivity index (χ3v) is 5.28. The van der Waals surface area contributed by atoms with Crippen LogP contribution in [-0.2, 0) is 15.8 Å². The molecule has 2 amide bonds. The Labute approximate surface area is 186 Å². The third kappa shape index (κ3) is 3.99. The highest BCUT2D eigenvalue weighted by Gasteiger charge is 2.41. The van der Waals surface area contributed by atoms with E-state index in [1.54, 1.807) is 55.5 Å². The Bertz CT molecular complexity index is 1250. The van der Waals surface area contributed by atoms with Crippen molar-refractivity contribution in [3.05, 3.63) is 100 Å². The lowest BCUT2D eigenvalue weighted by atomic mass is 10.0. The first-order valence-corrected chi connectivity index (χ1v) is 9.93. The molecule has 8 heteroatoms. The van der Waals surface area contributed by atoms with Gasteiger partial charge in [-0.15, -0.1) is 0 Å². The molecule has 162 valence electrons. The molecule has 0 unspecified atom stereocenters. The number of benzene rings is 3. The highest BCUT2D eigenvalue weighted by Crippen LogP contribution is 2.36. The average Bonchev–Trinajstić information content (AvgIpc) is 2.98. The third-order valence-electron chi connectivity index (χ3n) is 5.03. The topological polar surface area (TPSA) is 49.4 Å². The Morgan fingerprint density at radius 3 is 2.22 bits per heavy atom. The fraction of sp³-hybridized carbons (Fsp3) is 0.0833. The van der Waals surface area contributed by atoms with Crippen molar-refractivity contribution < 1.29 is 22.8 Å². The minimum absolute atomic E-state index is 0.0362. The number of hydrogen-bond acceptors (Lipinski definition) is 3. The summed E-state index contributed by atoms with van der Waals surface area (Å²) in [7, 11) is 0. The van der Waals surface area contributed by atoms with Crippen LogP contribution in [0.3, 0.4) is 0 Å². The number of carbonyl (C=O) groups excluding carboxylic acids is 2. The maximum Gasteiger partial charge on any atom is 0.416 e. The largest absolute Gasteiger partial charge is 0.416 e. The van der Waals surface area contributed by atoms with Crippen LogP contribution in [0.4, 0.5) is 24.5 Å². The van der Waals surface area contributed by atoms with Gasteiger partial charge in [-0.3, -0.25) is 9.59 Å². The predicted octanol–water partition coefficient (Wildman–Crippen LogP) is 6.06. The Kier molecular flexibility index (Phi) is 5.52. The molecule has 0 spiro atoms. The zero-order valence-corrected chi connectivity index (χ0v) is 17.5. The van der Waals surface area contributed by atoms with Crippen molar-refractivity contribution in [2.45, 2.75) is 13.1 Å². The van der Waals surface area contributed by atoms with Gasteiger partial charge in [0.1, 0.15) is 5.70 Å². The average molecular weight is 457 g/mol. The van der Waals surface area contributed by atoms with Crippen LogP contribution in [0.1, 0.15) is 16.7 Å². The zero-order chi connectivity index (χ0) is 23.0. The molecule has 0 aromatic heterocycles. The van der Waals surface area contributed by atoms with Crippen LogP contribution in [0.5, 0.6) is 0 Å². The first-order chi connectivity index (χ1) is 15.2. The van der Waals surface area contributed by atoms with Crippen LogP contribution >= 0.6 is 11.6 Å². The molecule has 32 heavy (non-hydrogen) atoms. The molecule has 0 fully saturated rings. The van der Waals surface area contributed by atoms with E-state index < -0.39 is 23.6 Å². The number of rotatable bonds is 4. The van der Waals surface area contributed by atoms with E-state index in [4.69, 9.17) is 11.6 Å².